The number of aromatic nitrogens is 1. The van der Waals surface area contributed by atoms with Crippen LogP contribution in [0.15, 0.2) is 17.1 Å². The van der Waals surface area contributed by atoms with Crippen LogP contribution in [0.4, 0.5) is 0 Å². The van der Waals surface area contributed by atoms with Gasteiger partial charge < -0.3 is 14.8 Å². The molecule has 0 aliphatic carbocycles. The van der Waals surface area contributed by atoms with Gasteiger partial charge in [-0.25, -0.2) is 4.79 Å². The first kappa shape index (κ1) is 13.3. The average molecular weight is 239 g/mol. The minimum absolute atomic E-state index is 0.206. The highest BCUT2D eigenvalue weighted by Gasteiger charge is 2.22. The fourth-order valence-electron chi connectivity index (χ4n) is 1.76. The van der Waals surface area contributed by atoms with E-state index in [1.54, 1.807) is 0 Å². The molecule has 94 valence electrons. The number of carboxylic acid groups (broad SMARTS) is 1. The van der Waals surface area contributed by atoms with Crippen molar-refractivity contribution in [2.24, 2.45) is 5.92 Å². The van der Waals surface area contributed by atoms with E-state index in [2.05, 4.69) is 0 Å². The number of nitrogens with zero attached hydrogens (tertiary/aromatic N) is 1. The molecule has 5 nitrogen and oxygen atoms in total. The largest absolute Gasteiger partial charge is 0.503 e. The number of aliphatic carboxylic acids is 1. The summed E-state index contributed by atoms with van der Waals surface area (Å²) in [7, 11) is 0. The quantitative estimate of drug-likeness (QED) is 0.835. The fourth-order valence-corrected chi connectivity index (χ4v) is 1.76. The van der Waals surface area contributed by atoms with Crippen molar-refractivity contribution in [2.45, 2.75) is 33.2 Å². The van der Waals surface area contributed by atoms with Gasteiger partial charge in [-0.2, -0.15) is 0 Å². The van der Waals surface area contributed by atoms with Gasteiger partial charge in [0.15, 0.2) is 5.75 Å². The summed E-state index contributed by atoms with van der Waals surface area (Å²) in [4.78, 5) is 22.4. The number of hydrogen-bond acceptors (Lipinski definition) is 3. The first-order valence-electron chi connectivity index (χ1n) is 5.48. The van der Waals surface area contributed by atoms with E-state index in [1.807, 2.05) is 13.8 Å². The molecule has 0 amide bonds. The van der Waals surface area contributed by atoms with Crippen LogP contribution < -0.4 is 5.43 Å². The lowest BCUT2D eigenvalue weighted by atomic mass is 10.0. The maximum Gasteiger partial charge on any atom is 0.326 e. The maximum atomic E-state index is 11.2. The van der Waals surface area contributed by atoms with Crippen LogP contribution in [0.2, 0.25) is 0 Å². The lowest BCUT2D eigenvalue weighted by molar-refractivity contribution is -0.141. The molecule has 1 aromatic rings. The smallest absolute Gasteiger partial charge is 0.326 e. The second kappa shape index (κ2) is 5.03. The Kier molecular flexibility index (Phi) is 3.93. The van der Waals surface area contributed by atoms with Crippen molar-refractivity contribution in [2.75, 3.05) is 0 Å². The van der Waals surface area contributed by atoms with Crippen LogP contribution in [0.1, 0.15) is 32.0 Å². The van der Waals surface area contributed by atoms with Crippen molar-refractivity contribution in [1.29, 1.82) is 0 Å². The summed E-state index contributed by atoms with van der Waals surface area (Å²) in [6.45, 7) is 5.38. The van der Waals surface area contributed by atoms with Gasteiger partial charge in [-0.05, 0) is 19.3 Å². The Bertz CT molecular complexity index is 476. The SMILES string of the molecule is Cc1c(O)c(=O)ccn1C(CC(C)C)C(=O)O. The summed E-state index contributed by atoms with van der Waals surface area (Å²) in [5, 5.41) is 18.7. The molecule has 0 aliphatic heterocycles. The number of aromatic hydroxyl groups is 1. The van der Waals surface area contributed by atoms with Crippen LogP contribution in [0.3, 0.4) is 0 Å². The van der Waals surface area contributed by atoms with Gasteiger partial charge in [0.2, 0.25) is 5.43 Å². The molecule has 1 heterocycles. The van der Waals surface area contributed by atoms with E-state index in [4.69, 9.17) is 0 Å². The highest BCUT2D eigenvalue weighted by atomic mass is 16.4. The molecule has 1 rings (SSSR count). The molecule has 2 N–H and O–H groups in total. The highest BCUT2D eigenvalue weighted by molar-refractivity contribution is 5.72. The van der Waals surface area contributed by atoms with E-state index in [-0.39, 0.29) is 17.4 Å². The van der Waals surface area contributed by atoms with Crippen molar-refractivity contribution < 1.29 is 15.0 Å². The number of carbonyl (C=O) groups is 1. The fraction of sp³-hybridized carbons (Fsp3) is 0.500. The summed E-state index contributed by atoms with van der Waals surface area (Å²) in [6, 6.07) is 0.417. The number of rotatable bonds is 4. The zero-order chi connectivity index (χ0) is 13.2. The van der Waals surface area contributed by atoms with Crippen LogP contribution in [-0.4, -0.2) is 20.7 Å². The molecule has 1 atom stereocenters. The van der Waals surface area contributed by atoms with Gasteiger partial charge in [0.05, 0.1) is 5.69 Å². The predicted molar refractivity (Wildman–Crippen MR) is 63.2 cm³/mol. The zero-order valence-corrected chi connectivity index (χ0v) is 10.2. The normalized spacial score (nSPS) is 12.7. The molecular weight excluding hydrogens is 222 g/mol. The Morgan fingerprint density at radius 1 is 1.47 bits per heavy atom. The lowest BCUT2D eigenvalue weighted by Crippen LogP contribution is -2.24. The molecule has 0 saturated heterocycles. The maximum absolute atomic E-state index is 11.2. The third-order valence-electron chi connectivity index (χ3n) is 2.67. The lowest BCUT2D eigenvalue weighted by Gasteiger charge is -2.21. The molecule has 5 heteroatoms. The van der Waals surface area contributed by atoms with Crippen LogP contribution in [0.25, 0.3) is 0 Å². The van der Waals surface area contributed by atoms with Gasteiger partial charge in [-0.15, -0.1) is 0 Å². The summed E-state index contributed by atoms with van der Waals surface area (Å²) >= 11 is 0. The van der Waals surface area contributed by atoms with E-state index >= 15 is 0 Å². The van der Waals surface area contributed by atoms with Crippen LogP contribution in [0, 0.1) is 12.8 Å². The molecule has 1 unspecified atom stereocenters. The van der Waals surface area contributed by atoms with Crippen molar-refractivity contribution in [1.82, 2.24) is 4.57 Å². The highest BCUT2D eigenvalue weighted by Crippen LogP contribution is 2.22. The average Bonchev–Trinajstić information content (AvgIpc) is 2.23. The van der Waals surface area contributed by atoms with Gasteiger partial charge in [0.1, 0.15) is 6.04 Å². The first-order chi connectivity index (χ1) is 7.84. The van der Waals surface area contributed by atoms with Gasteiger partial charge in [0.25, 0.3) is 0 Å². The molecule has 0 aromatic carbocycles. The summed E-state index contributed by atoms with van der Waals surface area (Å²) in [5.74, 6) is -1.15. The minimum atomic E-state index is -0.968. The monoisotopic (exact) mass is 239 g/mol. The second-order valence-electron chi connectivity index (χ2n) is 4.50. The van der Waals surface area contributed by atoms with Gasteiger partial charge in [0, 0.05) is 12.3 Å². The predicted octanol–water partition coefficient (Wildman–Crippen LogP) is 1.53. The molecular formula is C12H17NO4. The van der Waals surface area contributed by atoms with E-state index in [0.29, 0.717) is 6.42 Å². The molecule has 1 aromatic heterocycles. The van der Waals surface area contributed by atoms with Crippen LogP contribution in [0.5, 0.6) is 5.75 Å². The Morgan fingerprint density at radius 3 is 2.53 bits per heavy atom. The number of pyridine rings is 1. The molecule has 17 heavy (non-hydrogen) atoms. The third-order valence-corrected chi connectivity index (χ3v) is 2.67. The summed E-state index contributed by atoms with van der Waals surface area (Å²) in [5.41, 5.74) is -0.210. The first-order valence-corrected chi connectivity index (χ1v) is 5.48. The standard InChI is InChI=1S/C12H17NO4/c1-7(2)6-9(12(16)17)13-5-4-10(14)11(15)8(13)3/h4-5,7,9,15H,6H2,1-3H3,(H,16,17). The van der Waals surface area contributed by atoms with E-state index in [9.17, 15) is 19.8 Å². The van der Waals surface area contributed by atoms with E-state index in [1.165, 1.54) is 23.8 Å². The van der Waals surface area contributed by atoms with E-state index in [0.717, 1.165) is 0 Å². The van der Waals surface area contributed by atoms with Crippen LogP contribution >= 0.6 is 0 Å². The Hall–Kier alpha value is -1.78. The van der Waals surface area contributed by atoms with E-state index < -0.39 is 17.4 Å². The third kappa shape index (κ3) is 2.87. The zero-order valence-electron chi connectivity index (χ0n) is 10.2. The summed E-state index contributed by atoms with van der Waals surface area (Å²) < 4.78 is 1.43. The van der Waals surface area contributed by atoms with Crippen molar-refractivity contribution >= 4 is 5.97 Å². The Labute approximate surface area is 99.3 Å². The molecule has 0 radical (unpaired) electrons. The van der Waals surface area contributed by atoms with Crippen molar-refractivity contribution in [3.05, 3.63) is 28.2 Å². The van der Waals surface area contributed by atoms with Crippen LogP contribution in [-0.2, 0) is 4.79 Å². The molecule has 0 bridgehead atoms. The molecule has 0 aliphatic rings. The van der Waals surface area contributed by atoms with Crippen molar-refractivity contribution in [3.8, 4) is 5.75 Å². The van der Waals surface area contributed by atoms with Gasteiger partial charge >= 0.3 is 5.97 Å². The molecule has 0 spiro atoms. The van der Waals surface area contributed by atoms with Gasteiger partial charge in [-0.3, -0.25) is 4.79 Å². The molecule has 0 fully saturated rings. The summed E-state index contributed by atoms with van der Waals surface area (Å²) in [6.07, 6.45) is 1.86. The molecule has 0 saturated carbocycles. The second-order valence-corrected chi connectivity index (χ2v) is 4.50. The number of hydrogen-bond donors (Lipinski definition) is 2. The van der Waals surface area contributed by atoms with Gasteiger partial charge in [-0.1, -0.05) is 13.8 Å². The minimum Gasteiger partial charge on any atom is -0.503 e. The Morgan fingerprint density at radius 2 is 2.06 bits per heavy atom. The topological polar surface area (TPSA) is 79.5 Å². The Balaban J connectivity index is 3.24. The van der Waals surface area contributed by atoms with Crippen molar-refractivity contribution in [3.63, 3.8) is 0 Å². The number of carboxylic acids is 1.